The number of nitrogens with zero attached hydrogens (tertiary/aromatic N) is 4. The maximum absolute atomic E-state index is 12.2. The predicted molar refractivity (Wildman–Crippen MR) is 119 cm³/mol. The number of para-hydroxylation sites is 2. The summed E-state index contributed by atoms with van der Waals surface area (Å²) in [4.78, 5) is 22.1. The highest BCUT2D eigenvalue weighted by Gasteiger charge is 2.23. The molecule has 0 bridgehead atoms. The van der Waals surface area contributed by atoms with E-state index in [-0.39, 0.29) is 19.2 Å². The van der Waals surface area contributed by atoms with Gasteiger partial charge in [0.25, 0.3) is 0 Å². The second-order valence-corrected chi connectivity index (χ2v) is 7.57. The maximum Gasteiger partial charge on any atom is 0.310 e. The molecule has 0 fully saturated rings. The summed E-state index contributed by atoms with van der Waals surface area (Å²) in [7, 11) is 0. The van der Waals surface area contributed by atoms with Crippen molar-refractivity contribution < 1.29 is 19.0 Å². The average Bonchev–Trinajstić information content (AvgIpc) is 3.53. The van der Waals surface area contributed by atoms with Gasteiger partial charge in [-0.2, -0.15) is 0 Å². The number of carbonyl (C=O) groups is 1. The lowest BCUT2D eigenvalue weighted by molar-refractivity contribution is -0.133. The van der Waals surface area contributed by atoms with Gasteiger partial charge < -0.3 is 14.2 Å². The van der Waals surface area contributed by atoms with Gasteiger partial charge in [0.2, 0.25) is 6.79 Å². The lowest BCUT2D eigenvalue weighted by Gasteiger charge is -2.09. The molecule has 1 aliphatic rings. The first-order valence-electron chi connectivity index (χ1n) is 10.6. The number of aryl methyl sites for hydroxylation is 1. The van der Waals surface area contributed by atoms with E-state index in [9.17, 15) is 4.79 Å². The highest BCUT2D eigenvalue weighted by atomic mass is 16.7. The van der Waals surface area contributed by atoms with Crippen LogP contribution in [-0.2, 0) is 11.2 Å². The number of esters is 1. The Morgan fingerprint density at radius 3 is 2.75 bits per heavy atom. The predicted octanol–water partition coefficient (Wildman–Crippen LogP) is 4.43. The number of benzene rings is 2. The Morgan fingerprint density at radius 1 is 1.06 bits per heavy atom. The van der Waals surface area contributed by atoms with Gasteiger partial charge in [0.05, 0.1) is 22.9 Å². The minimum atomic E-state index is -0.316. The third-order valence-corrected chi connectivity index (χ3v) is 5.69. The second-order valence-electron chi connectivity index (χ2n) is 7.57. The average molecular weight is 428 g/mol. The van der Waals surface area contributed by atoms with Crippen molar-refractivity contribution in [2.24, 2.45) is 0 Å². The number of hydrogen-bond acceptors (Lipinski definition) is 6. The van der Waals surface area contributed by atoms with Crippen LogP contribution in [-0.4, -0.2) is 31.7 Å². The highest BCUT2D eigenvalue weighted by Crippen LogP contribution is 2.38. The summed E-state index contributed by atoms with van der Waals surface area (Å²) in [6.45, 7) is 4.03. The zero-order chi connectivity index (χ0) is 21.8. The fourth-order valence-corrected chi connectivity index (χ4v) is 4.16. The van der Waals surface area contributed by atoms with Crippen LogP contribution >= 0.6 is 0 Å². The molecule has 1 aliphatic heterocycles. The Hall–Kier alpha value is -4.07. The highest BCUT2D eigenvalue weighted by molar-refractivity contribution is 6.01. The largest absolute Gasteiger partial charge is 0.454 e. The third-order valence-electron chi connectivity index (χ3n) is 5.69. The molecule has 6 rings (SSSR count). The molecule has 0 saturated carbocycles. The van der Waals surface area contributed by atoms with Gasteiger partial charge in [-0.1, -0.05) is 26.0 Å². The molecule has 5 aromatic rings. The van der Waals surface area contributed by atoms with Gasteiger partial charge in [-0.15, -0.1) is 0 Å². The van der Waals surface area contributed by atoms with Crippen LogP contribution in [0.5, 0.6) is 17.2 Å². The molecule has 3 aromatic heterocycles. The molecule has 0 saturated heterocycles. The number of imidazole rings is 1. The zero-order valence-corrected chi connectivity index (χ0v) is 17.7. The van der Waals surface area contributed by atoms with E-state index in [1.807, 2.05) is 51.4 Å². The van der Waals surface area contributed by atoms with Crippen LogP contribution in [0.2, 0.25) is 0 Å². The van der Waals surface area contributed by atoms with E-state index in [0.29, 0.717) is 40.3 Å². The van der Waals surface area contributed by atoms with Crippen LogP contribution in [0.25, 0.3) is 33.4 Å². The zero-order valence-electron chi connectivity index (χ0n) is 17.7. The number of aromatic nitrogens is 4. The number of rotatable bonds is 4. The van der Waals surface area contributed by atoms with Crippen molar-refractivity contribution in [2.75, 3.05) is 6.79 Å². The first kappa shape index (κ1) is 18.7. The third kappa shape index (κ3) is 2.65. The van der Waals surface area contributed by atoms with Gasteiger partial charge in [-0.05, 0) is 24.3 Å². The van der Waals surface area contributed by atoms with E-state index in [1.54, 1.807) is 13.1 Å². The van der Waals surface area contributed by atoms with Gasteiger partial charge in [-0.3, -0.25) is 13.8 Å². The Bertz CT molecular complexity index is 1530. The van der Waals surface area contributed by atoms with Crippen molar-refractivity contribution in [3.05, 3.63) is 54.5 Å². The molecule has 32 heavy (non-hydrogen) atoms. The van der Waals surface area contributed by atoms with Crippen molar-refractivity contribution in [3.8, 4) is 22.9 Å². The van der Waals surface area contributed by atoms with Crippen LogP contribution in [0.3, 0.4) is 0 Å². The van der Waals surface area contributed by atoms with E-state index in [1.165, 1.54) is 0 Å². The molecular formula is C24H20N4O4. The Labute approximate surface area is 183 Å². The summed E-state index contributed by atoms with van der Waals surface area (Å²) in [6.07, 6.45) is 2.77. The SMILES string of the molecule is CCC(=O)Oc1cn(-c2ccc3c(c2)OCO3)c2nc(CC)n3c4ccccc4nc3c12. The van der Waals surface area contributed by atoms with Gasteiger partial charge >= 0.3 is 5.97 Å². The quantitative estimate of drug-likeness (QED) is 0.394. The van der Waals surface area contributed by atoms with Crippen LogP contribution < -0.4 is 14.2 Å². The van der Waals surface area contributed by atoms with Crippen LogP contribution in [0.4, 0.5) is 0 Å². The molecule has 0 atom stereocenters. The van der Waals surface area contributed by atoms with Crippen molar-refractivity contribution in [1.82, 2.24) is 18.9 Å². The lowest BCUT2D eigenvalue weighted by Crippen LogP contribution is -2.06. The van der Waals surface area contributed by atoms with Crippen molar-refractivity contribution >= 4 is 33.7 Å². The van der Waals surface area contributed by atoms with E-state index in [2.05, 4.69) is 6.92 Å². The molecule has 0 amide bonds. The van der Waals surface area contributed by atoms with E-state index >= 15 is 0 Å². The molecule has 0 unspecified atom stereocenters. The number of carbonyl (C=O) groups excluding carboxylic acids is 1. The molecule has 160 valence electrons. The van der Waals surface area contributed by atoms with E-state index in [0.717, 1.165) is 22.5 Å². The molecule has 4 heterocycles. The minimum absolute atomic E-state index is 0.199. The standard InChI is InChI=1S/C24H20N4O4/c1-3-20-26-23-22(24-25-15-7-5-6-8-16(15)28(20)24)19(32-21(29)4-2)12-27(23)14-9-10-17-18(11-14)31-13-30-17/h5-12H,3-4,13H2,1-2H3. The molecule has 0 radical (unpaired) electrons. The van der Waals surface area contributed by atoms with Crippen molar-refractivity contribution in [2.45, 2.75) is 26.7 Å². The summed E-state index contributed by atoms with van der Waals surface area (Å²) in [5.74, 6) is 2.35. The molecular weight excluding hydrogens is 408 g/mol. The molecule has 8 heteroatoms. The molecule has 0 spiro atoms. The van der Waals surface area contributed by atoms with Crippen LogP contribution in [0.15, 0.2) is 48.7 Å². The number of fused-ring (bicyclic) bond motifs is 6. The monoisotopic (exact) mass is 428 g/mol. The van der Waals surface area contributed by atoms with Gasteiger partial charge in [0.15, 0.2) is 28.5 Å². The molecule has 0 N–H and O–H groups in total. The summed E-state index contributed by atoms with van der Waals surface area (Å²) in [6, 6.07) is 13.6. The summed E-state index contributed by atoms with van der Waals surface area (Å²) in [5.41, 5.74) is 4.04. The van der Waals surface area contributed by atoms with Crippen LogP contribution in [0, 0.1) is 0 Å². The number of hydrogen-bond donors (Lipinski definition) is 0. The fraction of sp³-hybridized carbons (Fsp3) is 0.208. The summed E-state index contributed by atoms with van der Waals surface area (Å²) < 4.78 is 20.7. The smallest absolute Gasteiger partial charge is 0.310 e. The fourth-order valence-electron chi connectivity index (χ4n) is 4.16. The van der Waals surface area contributed by atoms with E-state index < -0.39 is 0 Å². The van der Waals surface area contributed by atoms with E-state index in [4.69, 9.17) is 24.2 Å². The summed E-state index contributed by atoms with van der Waals surface area (Å²) in [5, 5.41) is 0.692. The molecule has 8 nitrogen and oxygen atoms in total. The van der Waals surface area contributed by atoms with Gasteiger partial charge in [-0.25, -0.2) is 9.97 Å². The number of ether oxygens (including phenoxy) is 3. The maximum atomic E-state index is 12.2. The Balaban J connectivity index is 1.71. The Kier molecular flexibility index (Phi) is 4.07. The molecule has 2 aromatic carbocycles. The topological polar surface area (TPSA) is 79.9 Å². The normalized spacial score (nSPS) is 12.8. The van der Waals surface area contributed by atoms with Gasteiger partial charge in [0, 0.05) is 18.9 Å². The first-order valence-corrected chi connectivity index (χ1v) is 10.6. The first-order chi connectivity index (χ1) is 15.7. The Morgan fingerprint density at radius 2 is 1.91 bits per heavy atom. The second kappa shape index (κ2) is 6.98. The molecule has 0 aliphatic carbocycles. The minimum Gasteiger partial charge on any atom is -0.454 e. The van der Waals surface area contributed by atoms with Crippen molar-refractivity contribution in [1.29, 1.82) is 0 Å². The lowest BCUT2D eigenvalue weighted by atomic mass is 10.2. The van der Waals surface area contributed by atoms with Crippen LogP contribution in [0.1, 0.15) is 26.1 Å². The summed E-state index contributed by atoms with van der Waals surface area (Å²) >= 11 is 0. The van der Waals surface area contributed by atoms with Crippen molar-refractivity contribution in [3.63, 3.8) is 0 Å². The van der Waals surface area contributed by atoms with Gasteiger partial charge in [0.1, 0.15) is 11.2 Å².